The first-order chi connectivity index (χ1) is 9.78. The van der Waals surface area contributed by atoms with E-state index in [1.165, 1.54) is 42.9 Å². The fourth-order valence-corrected chi connectivity index (χ4v) is 3.69. The fraction of sp³-hybridized carbons (Fsp3) is 0.471. The summed E-state index contributed by atoms with van der Waals surface area (Å²) in [6.07, 6.45) is 8.46. The van der Waals surface area contributed by atoms with Gasteiger partial charge in [-0.05, 0) is 43.7 Å². The topological polar surface area (TPSA) is 24.9 Å². The van der Waals surface area contributed by atoms with Gasteiger partial charge in [0.1, 0.15) is 5.82 Å². The predicted molar refractivity (Wildman–Crippen MR) is 89.1 cm³/mol. The van der Waals surface area contributed by atoms with Gasteiger partial charge >= 0.3 is 0 Å². The van der Waals surface area contributed by atoms with Gasteiger partial charge in [-0.25, -0.2) is 4.98 Å². The lowest BCUT2D eigenvalue weighted by Crippen LogP contribution is -2.26. The van der Waals surface area contributed by atoms with E-state index < -0.39 is 0 Å². The maximum Gasteiger partial charge on any atom is 0.134 e. The molecule has 1 aliphatic rings. The highest BCUT2D eigenvalue weighted by atomic mass is 79.9. The highest BCUT2D eigenvalue weighted by Crippen LogP contribution is 2.31. The molecule has 1 aromatic heterocycles. The summed E-state index contributed by atoms with van der Waals surface area (Å²) in [6, 6.07) is 8.95. The van der Waals surface area contributed by atoms with E-state index in [1.807, 2.05) is 6.20 Å². The van der Waals surface area contributed by atoms with Crippen LogP contribution in [-0.2, 0) is 0 Å². The van der Waals surface area contributed by atoms with Crippen LogP contribution in [0.4, 0.5) is 5.82 Å². The molecule has 0 spiro atoms. The predicted octanol–water partition coefficient (Wildman–Crippen LogP) is 5.38. The Bertz CT molecular complexity index is 589. The molecule has 0 bridgehead atoms. The third-order valence-corrected chi connectivity index (χ3v) is 5.21. The second kappa shape index (κ2) is 6.13. The SMILES string of the molecule is CCC1CCC(Nc2nccc3c(Br)cccc23)CC1. The molecule has 0 aliphatic heterocycles. The molecule has 0 amide bonds. The molecule has 1 aliphatic carbocycles. The molecule has 0 saturated heterocycles. The summed E-state index contributed by atoms with van der Waals surface area (Å²) in [5.74, 6) is 1.96. The highest BCUT2D eigenvalue weighted by molar-refractivity contribution is 9.10. The lowest BCUT2D eigenvalue weighted by atomic mass is 9.84. The normalized spacial score (nSPS) is 22.9. The standard InChI is InChI=1S/C17H21BrN2/c1-2-12-6-8-13(9-7-12)20-17-15-4-3-5-16(18)14(15)10-11-19-17/h3-5,10-13H,2,6-9H2,1H3,(H,19,20). The number of rotatable bonds is 3. The van der Waals surface area contributed by atoms with Crippen LogP contribution in [0.1, 0.15) is 39.0 Å². The van der Waals surface area contributed by atoms with Gasteiger partial charge in [-0.3, -0.25) is 0 Å². The Kier molecular flexibility index (Phi) is 4.25. The van der Waals surface area contributed by atoms with Crippen molar-refractivity contribution in [3.63, 3.8) is 0 Å². The van der Waals surface area contributed by atoms with E-state index in [-0.39, 0.29) is 0 Å². The number of pyridine rings is 1. The maximum absolute atomic E-state index is 4.55. The largest absolute Gasteiger partial charge is 0.367 e. The third kappa shape index (κ3) is 2.83. The van der Waals surface area contributed by atoms with Gasteiger partial charge < -0.3 is 5.32 Å². The molecule has 3 heteroatoms. The number of fused-ring (bicyclic) bond motifs is 1. The zero-order valence-electron chi connectivity index (χ0n) is 11.9. The van der Waals surface area contributed by atoms with Crippen LogP contribution in [0.15, 0.2) is 34.9 Å². The number of hydrogen-bond donors (Lipinski definition) is 1. The monoisotopic (exact) mass is 332 g/mol. The van der Waals surface area contributed by atoms with Crippen molar-refractivity contribution in [2.75, 3.05) is 5.32 Å². The molecule has 2 aromatic rings. The van der Waals surface area contributed by atoms with Crippen LogP contribution in [0, 0.1) is 5.92 Å². The van der Waals surface area contributed by atoms with E-state index in [1.54, 1.807) is 0 Å². The van der Waals surface area contributed by atoms with E-state index in [9.17, 15) is 0 Å². The number of nitrogens with one attached hydrogen (secondary N) is 1. The van der Waals surface area contributed by atoms with E-state index in [4.69, 9.17) is 0 Å². The van der Waals surface area contributed by atoms with Crippen LogP contribution >= 0.6 is 15.9 Å². The van der Waals surface area contributed by atoms with E-state index in [0.717, 1.165) is 16.2 Å². The van der Waals surface area contributed by atoms with Gasteiger partial charge in [0.15, 0.2) is 0 Å². The minimum absolute atomic E-state index is 0.579. The van der Waals surface area contributed by atoms with Crippen molar-refractivity contribution in [2.24, 2.45) is 5.92 Å². The van der Waals surface area contributed by atoms with Crippen molar-refractivity contribution in [1.82, 2.24) is 4.98 Å². The summed E-state index contributed by atoms with van der Waals surface area (Å²) in [6.45, 7) is 2.31. The Morgan fingerprint density at radius 3 is 2.70 bits per heavy atom. The van der Waals surface area contributed by atoms with Crippen molar-refractivity contribution in [2.45, 2.75) is 45.1 Å². The number of halogens is 1. The van der Waals surface area contributed by atoms with Crippen molar-refractivity contribution < 1.29 is 0 Å². The molecule has 1 saturated carbocycles. The summed E-state index contributed by atoms with van der Waals surface area (Å²) in [5.41, 5.74) is 0. The highest BCUT2D eigenvalue weighted by Gasteiger charge is 2.20. The average molecular weight is 333 g/mol. The Balaban J connectivity index is 1.80. The summed E-state index contributed by atoms with van der Waals surface area (Å²) < 4.78 is 1.13. The summed E-state index contributed by atoms with van der Waals surface area (Å²) >= 11 is 3.62. The fourth-order valence-electron chi connectivity index (χ4n) is 3.19. The molecule has 3 rings (SSSR count). The molecule has 106 valence electrons. The van der Waals surface area contributed by atoms with Crippen LogP contribution in [0.25, 0.3) is 10.8 Å². The number of hydrogen-bond acceptors (Lipinski definition) is 2. The molecular weight excluding hydrogens is 312 g/mol. The molecular formula is C17H21BrN2. The molecule has 0 atom stereocenters. The van der Waals surface area contributed by atoms with Crippen LogP contribution < -0.4 is 5.32 Å². The Morgan fingerprint density at radius 1 is 1.15 bits per heavy atom. The Hall–Kier alpha value is -1.09. The number of anilines is 1. The average Bonchev–Trinajstić information content (AvgIpc) is 2.49. The zero-order valence-corrected chi connectivity index (χ0v) is 13.5. The Morgan fingerprint density at radius 2 is 1.95 bits per heavy atom. The lowest BCUT2D eigenvalue weighted by molar-refractivity contribution is 0.330. The van der Waals surface area contributed by atoms with Crippen LogP contribution in [0.2, 0.25) is 0 Å². The van der Waals surface area contributed by atoms with Crippen molar-refractivity contribution in [3.05, 3.63) is 34.9 Å². The molecule has 1 fully saturated rings. The molecule has 1 heterocycles. The lowest BCUT2D eigenvalue weighted by Gasteiger charge is -2.29. The van der Waals surface area contributed by atoms with Gasteiger partial charge in [0.2, 0.25) is 0 Å². The minimum Gasteiger partial charge on any atom is -0.367 e. The van der Waals surface area contributed by atoms with Crippen LogP contribution in [-0.4, -0.2) is 11.0 Å². The zero-order chi connectivity index (χ0) is 13.9. The molecule has 2 nitrogen and oxygen atoms in total. The molecule has 0 radical (unpaired) electrons. The quantitative estimate of drug-likeness (QED) is 0.816. The van der Waals surface area contributed by atoms with Crippen LogP contribution in [0.5, 0.6) is 0 Å². The van der Waals surface area contributed by atoms with Crippen molar-refractivity contribution in [1.29, 1.82) is 0 Å². The molecule has 1 N–H and O–H groups in total. The number of nitrogens with zero attached hydrogens (tertiary/aromatic N) is 1. The van der Waals surface area contributed by atoms with Gasteiger partial charge in [-0.1, -0.05) is 41.4 Å². The first-order valence-electron chi connectivity index (χ1n) is 7.57. The third-order valence-electron chi connectivity index (χ3n) is 4.52. The Labute approximate surface area is 129 Å². The van der Waals surface area contributed by atoms with E-state index >= 15 is 0 Å². The first-order valence-corrected chi connectivity index (χ1v) is 8.37. The summed E-state index contributed by atoms with van der Waals surface area (Å²) in [5, 5.41) is 6.10. The summed E-state index contributed by atoms with van der Waals surface area (Å²) in [7, 11) is 0. The van der Waals surface area contributed by atoms with Gasteiger partial charge in [0, 0.05) is 27.5 Å². The van der Waals surface area contributed by atoms with Crippen LogP contribution in [0.3, 0.4) is 0 Å². The summed E-state index contributed by atoms with van der Waals surface area (Å²) in [4.78, 5) is 4.55. The first kappa shape index (κ1) is 13.9. The number of aromatic nitrogens is 1. The van der Waals surface area contributed by atoms with Gasteiger partial charge in [-0.15, -0.1) is 0 Å². The molecule has 1 aromatic carbocycles. The molecule has 20 heavy (non-hydrogen) atoms. The molecule has 0 unspecified atom stereocenters. The van der Waals surface area contributed by atoms with Gasteiger partial charge in [0.25, 0.3) is 0 Å². The van der Waals surface area contributed by atoms with Crippen molar-refractivity contribution in [3.8, 4) is 0 Å². The smallest absolute Gasteiger partial charge is 0.134 e. The van der Waals surface area contributed by atoms with Gasteiger partial charge in [0.05, 0.1) is 0 Å². The maximum atomic E-state index is 4.55. The second-order valence-corrected chi connectivity index (χ2v) is 6.62. The minimum atomic E-state index is 0.579. The van der Waals surface area contributed by atoms with E-state index in [0.29, 0.717) is 6.04 Å². The second-order valence-electron chi connectivity index (χ2n) is 5.76. The van der Waals surface area contributed by atoms with Crippen molar-refractivity contribution >= 4 is 32.5 Å². The van der Waals surface area contributed by atoms with Gasteiger partial charge in [-0.2, -0.15) is 0 Å². The van der Waals surface area contributed by atoms with E-state index in [2.05, 4.69) is 57.4 Å². The number of benzene rings is 1.